The van der Waals surface area contributed by atoms with Crippen molar-refractivity contribution in [1.29, 1.82) is 0 Å². The van der Waals surface area contributed by atoms with Crippen LogP contribution >= 0.6 is 15.9 Å². The summed E-state index contributed by atoms with van der Waals surface area (Å²) in [6.45, 7) is 5.90. The quantitative estimate of drug-likeness (QED) is 0.467. The molecule has 0 fully saturated rings. The van der Waals surface area contributed by atoms with E-state index >= 15 is 0 Å². The molecular weight excluding hydrogens is 474 g/mol. The molecule has 3 amide bonds. The minimum Gasteiger partial charge on any atom is -0.444 e. The molecule has 0 aromatic heterocycles. The number of aryl methyl sites for hydroxylation is 1. The Morgan fingerprint density at radius 3 is 2.09 bits per heavy atom. The van der Waals surface area contributed by atoms with Crippen molar-refractivity contribution in [3.8, 4) is 0 Å². The van der Waals surface area contributed by atoms with E-state index in [0.717, 1.165) is 15.6 Å². The van der Waals surface area contributed by atoms with Crippen LogP contribution in [0, 0.1) is 0 Å². The molecule has 0 atom stereocenters. The Kier molecular flexibility index (Phi) is 9.71. The third kappa shape index (κ3) is 10.4. The summed E-state index contributed by atoms with van der Waals surface area (Å²) in [5.74, 6) is -0.224. The van der Waals surface area contributed by atoms with E-state index in [2.05, 4.69) is 31.9 Å². The zero-order valence-electron chi connectivity index (χ0n) is 18.7. The van der Waals surface area contributed by atoms with Crippen molar-refractivity contribution in [3.63, 3.8) is 0 Å². The Hall–Kier alpha value is -2.87. The van der Waals surface area contributed by atoms with Crippen LogP contribution in [0.25, 0.3) is 0 Å². The maximum absolute atomic E-state index is 12.2. The third-order valence-electron chi connectivity index (χ3n) is 4.30. The molecule has 2 rings (SSSR count). The summed E-state index contributed by atoms with van der Waals surface area (Å²) in [5, 5.41) is 8.24. The lowest BCUT2D eigenvalue weighted by atomic mass is 10.1. The summed E-state index contributed by atoms with van der Waals surface area (Å²) in [4.78, 5) is 35.7. The molecule has 0 saturated carbocycles. The molecule has 2 aromatic rings. The number of hydrogen-bond acceptors (Lipinski definition) is 4. The maximum Gasteiger partial charge on any atom is 0.407 e. The van der Waals surface area contributed by atoms with Gasteiger partial charge < -0.3 is 20.7 Å². The highest BCUT2D eigenvalue weighted by molar-refractivity contribution is 9.10. The first-order chi connectivity index (χ1) is 15.1. The number of hydrogen-bond donors (Lipinski definition) is 3. The lowest BCUT2D eigenvalue weighted by Crippen LogP contribution is -2.35. The normalized spacial score (nSPS) is 10.9. The van der Waals surface area contributed by atoms with Gasteiger partial charge in [-0.25, -0.2) is 4.79 Å². The van der Waals surface area contributed by atoms with Crippen molar-refractivity contribution >= 4 is 39.5 Å². The first-order valence-electron chi connectivity index (χ1n) is 10.5. The molecule has 0 aliphatic rings. The van der Waals surface area contributed by atoms with E-state index < -0.39 is 11.7 Å². The van der Waals surface area contributed by atoms with Gasteiger partial charge in [-0.3, -0.25) is 9.59 Å². The topological polar surface area (TPSA) is 96.5 Å². The van der Waals surface area contributed by atoms with Crippen LogP contribution in [0.15, 0.2) is 53.0 Å². The van der Waals surface area contributed by atoms with Crippen molar-refractivity contribution < 1.29 is 19.1 Å². The van der Waals surface area contributed by atoms with Crippen LogP contribution in [0.1, 0.15) is 44.7 Å². The second-order valence-electron chi connectivity index (χ2n) is 8.33. The number of anilines is 1. The van der Waals surface area contributed by atoms with Gasteiger partial charge in [-0.15, -0.1) is 0 Å². The highest BCUT2D eigenvalue weighted by Gasteiger charge is 2.15. The number of alkyl carbamates (subject to hydrolysis) is 1. The molecule has 0 bridgehead atoms. The minimum atomic E-state index is -0.572. The molecule has 7 nitrogen and oxygen atoms in total. The Morgan fingerprint density at radius 1 is 0.844 bits per heavy atom. The van der Waals surface area contributed by atoms with Crippen molar-refractivity contribution in [2.24, 2.45) is 0 Å². The summed E-state index contributed by atoms with van der Waals surface area (Å²) in [5.41, 5.74) is 2.15. The molecule has 0 saturated heterocycles. The van der Waals surface area contributed by atoms with E-state index in [-0.39, 0.29) is 24.8 Å². The van der Waals surface area contributed by atoms with Gasteiger partial charge in [-0.2, -0.15) is 0 Å². The zero-order valence-corrected chi connectivity index (χ0v) is 20.3. The van der Waals surface area contributed by atoms with E-state index in [1.165, 1.54) is 0 Å². The van der Waals surface area contributed by atoms with E-state index in [1.807, 2.05) is 48.5 Å². The van der Waals surface area contributed by atoms with Crippen LogP contribution in [0.2, 0.25) is 0 Å². The first-order valence-corrected chi connectivity index (χ1v) is 11.3. The average molecular weight is 504 g/mol. The van der Waals surface area contributed by atoms with Crippen LogP contribution < -0.4 is 16.0 Å². The fraction of sp³-hybridized carbons (Fsp3) is 0.375. The fourth-order valence-corrected chi connectivity index (χ4v) is 2.98. The molecule has 0 aliphatic carbocycles. The van der Waals surface area contributed by atoms with Gasteiger partial charge in [0.15, 0.2) is 0 Å². The predicted octanol–water partition coefficient (Wildman–Crippen LogP) is 4.55. The van der Waals surface area contributed by atoms with Gasteiger partial charge in [0.05, 0.1) is 0 Å². The van der Waals surface area contributed by atoms with Crippen LogP contribution in [-0.4, -0.2) is 30.1 Å². The molecule has 3 N–H and O–H groups in total. The highest BCUT2D eigenvalue weighted by atomic mass is 79.9. The Balaban J connectivity index is 1.66. The Labute approximate surface area is 197 Å². The van der Waals surface area contributed by atoms with Crippen LogP contribution in [0.5, 0.6) is 0 Å². The molecule has 0 unspecified atom stereocenters. The minimum absolute atomic E-state index is 0.0496. The SMILES string of the molecule is CC(C)(C)OC(=O)NCCC(=O)NCc1ccc(NC(=O)CCc2ccc(Br)cc2)cc1. The number of carbonyl (C=O) groups excluding carboxylic acids is 3. The number of rotatable bonds is 9. The van der Waals surface area contributed by atoms with Gasteiger partial charge in [0.2, 0.25) is 11.8 Å². The zero-order chi connectivity index (χ0) is 23.6. The van der Waals surface area contributed by atoms with Crippen molar-refractivity contribution in [2.75, 3.05) is 11.9 Å². The largest absolute Gasteiger partial charge is 0.444 e. The molecular formula is C24H30BrN3O4. The third-order valence-corrected chi connectivity index (χ3v) is 4.83. The molecule has 0 aliphatic heterocycles. The summed E-state index contributed by atoms with van der Waals surface area (Å²) >= 11 is 3.40. The van der Waals surface area contributed by atoms with Gasteiger partial charge in [-0.05, 0) is 62.6 Å². The summed E-state index contributed by atoms with van der Waals surface area (Å²) in [6, 6.07) is 15.2. The molecule has 8 heteroatoms. The monoisotopic (exact) mass is 503 g/mol. The average Bonchev–Trinajstić information content (AvgIpc) is 2.71. The van der Waals surface area contributed by atoms with Crippen molar-refractivity contribution in [3.05, 3.63) is 64.1 Å². The van der Waals surface area contributed by atoms with Gasteiger partial charge in [-0.1, -0.05) is 40.2 Å². The number of amides is 3. The van der Waals surface area contributed by atoms with Gasteiger partial charge in [0.25, 0.3) is 0 Å². The molecule has 2 aromatic carbocycles. The summed E-state index contributed by atoms with van der Waals surface area (Å²) in [7, 11) is 0. The summed E-state index contributed by atoms with van der Waals surface area (Å²) in [6.07, 6.45) is 0.689. The van der Waals surface area contributed by atoms with Crippen LogP contribution in [-0.2, 0) is 27.3 Å². The standard InChI is InChI=1S/C24H30BrN3O4/c1-24(2,3)32-23(31)26-15-14-21(29)27-16-18-6-11-20(12-7-18)28-22(30)13-8-17-4-9-19(25)10-5-17/h4-7,9-12H,8,13-16H2,1-3H3,(H,26,31)(H,27,29)(H,28,30). The van der Waals surface area contributed by atoms with Crippen molar-refractivity contribution in [1.82, 2.24) is 10.6 Å². The van der Waals surface area contributed by atoms with Crippen LogP contribution in [0.3, 0.4) is 0 Å². The number of nitrogens with one attached hydrogen (secondary N) is 3. The lowest BCUT2D eigenvalue weighted by Gasteiger charge is -2.19. The molecule has 0 heterocycles. The molecule has 32 heavy (non-hydrogen) atoms. The molecule has 0 spiro atoms. The number of benzene rings is 2. The van der Waals surface area contributed by atoms with E-state index in [0.29, 0.717) is 25.1 Å². The highest BCUT2D eigenvalue weighted by Crippen LogP contribution is 2.13. The number of ether oxygens (including phenoxy) is 1. The molecule has 172 valence electrons. The number of halogens is 1. The van der Waals surface area contributed by atoms with Crippen LogP contribution in [0.4, 0.5) is 10.5 Å². The fourth-order valence-electron chi connectivity index (χ4n) is 2.72. The van der Waals surface area contributed by atoms with E-state index in [4.69, 9.17) is 4.74 Å². The smallest absolute Gasteiger partial charge is 0.407 e. The maximum atomic E-state index is 12.2. The van der Waals surface area contributed by atoms with Gasteiger partial charge in [0.1, 0.15) is 5.60 Å². The van der Waals surface area contributed by atoms with E-state index in [1.54, 1.807) is 20.8 Å². The number of carbonyl (C=O) groups is 3. The Bertz CT molecular complexity index is 906. The van der Waals surface area contributed by atoms with Gasteiger partial charge in [0, 0.05) is 36.1 Å². The second kappa shape index (κ2) is 12.2. The van der Waals surface area contributed by atoms with Crippen molar-refractivity contribution in [2.45, 2.75) is 52.2 Å². The molecule has 0 radical (unpaired) electrons. The van der Waals surface area contributed by atoms with Gasteiger partial charge >= 0.3 is 6.09 Å². The summed E-state index contributed by atoms with van der Waals surface area (Å²) < 4.78 is 6.13. The predicted molar refractivity (Wildman–Crippen MR) is 128 cm³/mol. The second-order valence-corrected chi connectivity index (χ2v) is 9.24. The first kappa shape index (κ1) is 25.4. The Morgan fingerprint density at radius 2 is 1.47 bits per heavy atom. The van der Waals surface area contributed by atoms with E-state index in [9.17, 15) is 14.4 Å². The lowest BCUT2D eigenvalue weighted by molar-refractivity contribution is -0.121.